The van der Waals surface area contributed by atoms with Crippen LogP contribution < -0.4 is 5.32 Å². The monoisotopic (exact) mass is 508 g/mol. The van der Waals surface area contributed by atoms with Gasteiger partial charge in [0, 0.05) is 53.1 Å². The highest BCUT2D eigenvalue weighted by Gasteiger charge is 2.58. The minimum Gasteiger partial charge on any atom is -0.356 e. The van der Waals surface area contributed by atoms with Crippen LogP contribution in [-0.4, -0.2) is 56.6 Å². The number of benzene rings is 1. The van der Waals surface area contributed by atoms with Crippen molar-refractivity contribution >= 4 is 16.8 Å². The number of aryl methyl sites for hydroxylation is 1. The summed E-state index contributed by atoms with van der Waals surface area (Å²) in [7, 11) is 2.14. The van der Waals surface area contributed by atoms with Gasteiger partial charge in [0.15, 0.2) is 0 Å². The molecule has 1 aromatic carbocycles. The molecule has 38 heavy (non-hydrogen) atoms. The number of amides is 1. The Morgan fingerprint density at radius 2 is 2.13 bits per heavy atom. The van der Waals surface area contributed by atoms with Gasteiger partial charge >= 0.3 is 0 Å². The van der Waals surface area contributed by atoms with Crippen LogP contribution in [0.1, 0.15) is 51.3 Å². The number of hydrogen-bond acceptors (Lipinski definition) is 4. The number of halogens is 1. The van der Waals surface area contributed by atoms with Crippen molar-refractivity contribution in [3.63, 3.8) is 0 Å². The van der Waals surface area contributed by atoms with Crippen LogP contribution in [0, 0.1) is 30.1 Å². The van der Waals surface area contributed by atoms with Crippen LogP contribution in [0.25, 0.3) is 10.9 Å². The predicted molar refractivity (Wildman–Crippen MR) is 142 cm³/mol. The summed E-state index contributed by atoms with van der Waals surface area (Å²) in [6.07, 6.45) is 2.15. The number of nitrogens with one attached hydrogen (secondary N) is 2. The smallest absolute Gasteiger partial charge is 0.270 e. The number of rotatable bonds is 4. The van der Waals surface area contributed by atoms with Crippen molar-refractivity contribution in [2.24, 2.45) is 11.3 Å². The van der Waals surface area contributed by atoms with E-state index in [1.165, 1.54) is 0 Å². The summed E-state index contributed by atoms with van der Waals surface area (Å²) in [5.74, 6) is 7.17. The summed E-state index contributed by atoms with van der Waals surface area (Å²) in [5, 5.41) is 4.17. The Morgan fingerprint density at radius 3 is 2.95 bits per heavy atom. The molecule has 4 aromatic rings. The van der Waals surface area contributed by atoms with Crippen LogP contribution in [-0.2, 0) is 13.0 Å². The van der Waals surface area contributed by atoms with Gasteiger partial charge in [-0.15, -0.1) is 0 Å². The molecule has 7 rings (SSSR count). The van der Waals surface area contributed by atoms with E-state index in [1.807, 2.05) is 47.9 Å². The molecule has 1 aliphatic carbocycles. The number of likely N-dealkylation sites (tertiary alicyclic amines) is 1. The van der Waals surface area contributed by atoms with Crippen molar-refractivity contribution < 1.29 is 9.18 Å². The van der Waals surface area contributed by atoms with Crippen LogP contribution in [0.15, 0.2) is 48.8 Å². The number of aromatic nitrogens is 4. The average molecular weight is 509 g/mol. The molecule has 0 bridgehead atoms. The Kier molecular flexibility index (Phi) is 5.21. The van der Waals surface area contributed by atoms with E-state index < -0.39 is 12.2 Å². The Bertz CT molecular complexity index is 1610. The van der Waals surface area contributed by atoms with E-state index in [0.717, 1.165) is 53.1 Å². The number of piperidine rings is 1. The molecule has 2 N–H and O–H groups in total. The lowest BCUT2D eigenvalue weighted by Gasteiger charge is -2.17. The van der Waals surface area contributed by atoms with Gasteiger partial charge in [-0.1, -0.05) is 30.0 Å². The third-order valence-electron chi connectivity index (χ3n) is 8.16. The average Bonchev–Trinajstić information content (AvgIpc) is 3.33. The molecule has 5 heterocycles. The second-order valence-electron chi connectivity index (χ2n) is 11.1. The molecule has 7 nitrogen and oxygen atoms in total. The number of imidazole rings is 1. The van der Waals surface area contributed by atoms with Gasteiger partial charge in [0.2, 0.25) is 0 Å². The van der Waals surface area contributed by atoms with E-state index in [4.69, 9.17) is 0 Å². The van der Waals surface area contributed by atoms with Gasteiger partial charge in [0.05, 0.1) is 18.6 Å². The van der Waals surface area contributed by atoms with Gasteiger partial charge < -0.3 is 19.8 Å². The largest absolute Gasteiger partial charge is 0.356 e. The van der Waals surface area contributed by atoms with Gasteiger partial charge in [0.1, 0.15) is 17.9 Å². The molecule has 3 aromatic heterocycles. The number of aromatic amines is 1. The number of alkyl halides is 1. The number of carbonyl (C=O) groups excluding carboxylic acids is 1. The quantitative estimate of drug-likeness (QED) is 0.411. The van der Waals surface area contributed by atoms with Gasteiger partial charge in [-0.05, 0) is 56.0 Å². The molecular weight excluding hydrogens is 479 g/mol. The first-order valence-electron chi connectivity index (χ1n) is 13.1. The maximum absolute atomic E-state index is 14.2. The maximum Gasteiger partial charge on any atom is 0.270 e. The Hall–Kier alpha value is -3.96. The summed E-state index contributed by atoms with van der Waals surface area (Å²) in [4.78, 5) is 28.5. The Morgan fingerprint density at radius 1 is 1.26 bits per heavy atom. The van der Waals surface area contributed by atoms with E-state index >= 15 is 0 Å². The lowest BCUT2D eigenvalue weighted by atomic mass is 10.0. The van der Waals surface area contributed by atoms with E-state index in [0.29, 0.717) is 17.3 Å². The third kappa shape index (κ3) is 3.98. The molecule has 8 heteroatoms. The topological polar surface area (TPSA) is 78.8 Å². The molecule has 0 radical (unpaired) electrons. The zero-order valence-electron chi connectivity index (χ0n) is 21.5. The van der Waals surface area contributed by atoms with Crippen molar-refractivity contribution in [1.29, 1.82) is 0 Å². The fraction of sp³-hybridized carbons (Fsp3) is 0.367. The zero-order chi connectivity index (χ0) is 26.0. The van der Waals surface area contributed by atoms with Crippen LogP contribution >= 0.6 is 0 Å². The number of fused-ring (bicyclic) bond motifs is 3. The van der Waals surface area contributed by atoms with E-state index in [1.54, 1.807) is 12.4 Å². The highest BCUT2D eigenvalue weighted by Crippen LogP contribution is 2.56. The van der Waals surface area contributed by atoms with E-state index in [2.05, 4.69) is 44.1 Å². The van der Waals surface area contributed by atoms with Gasteiger partial charge in [-0.3, -0.25) is 4.79 Å². The van der Waals surface area contributed by atoms with Gasteiger partial charge in [-0.2, -0.15) is 0 Å². The maximum atomic E-state index is 14.2. The molecular formula is C30H29FN6O. The number of H-pyrrole nitrogens is 1. The van der Waals surface area contributed by atoms with Crippen LogP contribution in [0.4, 0.5) is 4.39 Å². The minimum atomic E-state index is -0.949. The molecule has 4 atom stereocenters. The molecule has 1 amide bonds. The highest BCUT2D eigenvalue weighted by atomic mass is 19.1. The normalized spacial score (nSPS) is 24.5. The number of nitrogens with zero attached hydrogens (tertiary/aromatic N) is 4. The van der Waals surface area contributed by atoms with Gasteiger partial charge in [-0.25, -0.2) is 14.4 Å². The SMILES string of the molecule is Cc1cc(C#C[C@]23C[C@H]2CN(C)C3)cc(C(=O)N[C@H](c2cc3ccccc3[nH]2)c2ncn3c2C[C@@H](F)C3)n1. The first-order chi connectivity index (χ1) is 18.4. The lowest BCUT2D eigenvalue weighted by Crippen LogP contribution is -2.31. The highest BCUT2D eigenvalue weighted by molar-refractivity contribution is 5.93. The molecule has 2 aliphatic heterocycles. The van der Waals surface area contributed by atoms with Crippen LogP contribution in [0.3, 0.4) is 0 Å². The second kappa shape index (κ2) is 8.53. The standard InChI is InChI=1S/C30H29FN6O/c1-18-9-19(7-8-30-13-21(30)14-36(2)16-30)10-25(33-18)29(38)35-27(24-11-20-5-3-4-6-23(20)34-24)28-26-12-22(31)15-37(26)17-32-28/h3-6,9-11,17,21-22,27,34H,12-16H2,1-2H3,(H,35,38)/t21-,22+,27+,30+/m0/s1. The summed E-state index contributed by atoms with van der Waals surface area (Å²) in [6, 6.07) is 13.1. The van der Waals surface area contributed by atoms with Crippen molar-refractivity contribution in [3.05, 3.63) is 82.8 Å². The Balaban J connectivity index is 1.21. The second-order valence-corrected chi connectivity index (χ2v) is 11.1. The number of pyridine rings is 1. The molecule has 0 spiro atoms. The van der Waals surface area contributed by atoms with E-state index in [-0.39, 0.29) is 24.3 Å². The molecule has 2 fully saturated rings. The van der Waals surface area contributed by atoms with Crippen LogP contribution in [0.5, 0.6) is 0 Å². The van der Waals surface area contributed by atoms with Crippen LogP contribution in [0.2, 0.25) is 0 Å². The first-order valence-corrected chi connectivity index (χ1v) is 13.1. The number of carbonyl (C=O) groups is 1. The van der Waals surface area contributed by atoms with Crippen molar-refractivity contribution in [1.82, 2.24) is 29.7 Å². The Labute approximate surface area is 220 Å². The molecule has 1 saturated heterocycles. The lowest BCUT2D eigenvalue weighted by molar-refractivity contribution is 0.0936. The van der Waals surface area contributed by atoms with Crippen molar-refractivity contribution in [2.45, 2.75) is 38.5 Å². The van der Waals surface area contributed by atoms with E-state index in [9.17, 15) is 9.18 Å². The molecule has 0 unspecified atom stereocenters. The molecule has 3 aliphatic rings. The third-order valence-corrected chi connectivity index (χ3v) is 8.16. The fourth-order valence-electron chi connectivity index (χ4n) is 6.26. The summed E-state index contributed by atoms with van der Waals surface area (Å²) in [6.45, 7) is 4.27. The molecule has 192 valence electrons. The first kappa shape index (κ1) is 23.2. The van der Waals surface area contributed by atoms with Crippen molar-refractivity contribution in [2.75, 3.05) is 20.1 Å². The molecule has 1 saturated carbocycles. The van der Waals surface area contributed by atoms with Crippen molar-refractivity contribution in [3.8, 4) is 11.8 Å². The number of para-hydroxylation sites is 1. The fourth-order valence-corrected chi connectivity index (χ4v) is 6.26. The summed E-state index contributed by atoms with van der Waals surface area (Å²) >= 11 is 0. The zero-order valence-corrected chi connectivity index (χ0v) is 21.5. The predicted octanol–water partition coefficient (Wildman–Crippen LogP) is 3.78. The van der Waals surface area contributed by atoms with Gasteiger partial charge in [0.25, 0.3) is 5.91 Å². The summed E-state index contributed by atoms with van der Waals surface area (Å²) in [5.41, 5.74) is 5.16. The summed E-state index contributed by atoms with van der Waals surface area (Å²) < 4.78 is 16.1. The number of hydrogen-bond donors (Lipinski definition) is 2. The minimum absolute atomic E-state index is 0.102.